The van der Waals surface area contributed by atoms with E-state index >= 15 is 0 Å². The van der Waals surface area contributed by atoms with E-state index in [0.717, 1.165) is 26.0 Å². The summed E-state index contributed by atoms with van der Waals surface area (Å²) in [6, 6.07) is 0. The highest BCUT2D eigenvalue weighted by Crippen LogP contribution is 2.08. The molecule has 0 radical (unpaired) electrons. The van der Waals surface area contributed by atoms with Gasteiger partial charge in [0.1, 0.15) is 0 Å². The van der Waals surface area contributed by atoms with Crippen molar-refractivity contribution >= 4 is 0 Å². The van der Waals surface area contributed by atoms with Gasteiger partial charge in [-0.3, -0.25) is 4.90 Å². The first-order valence-electron chi connectivity index (χ1n) is 7.55. The molecule has 0 amide bonds. The van der Waals surface area contributed by atoms with Gasteiger partial charge in [-0.2, -0.15) is 0 Å². The Labute approximate surface area is 121 Å². The quantitative estimate of drug-likeness (QED) is 0.488. The Morgan fingerprint density at radius 2 is 1.35 bits per heavy atom. The molecule has 2 unspecified atom stereocenters. The fourth-order valence-corrected chi connectivity index (χ4v) is 2.01. The van der Waals surface area contributed by atoms with E-state index in [1.807, 2.05) is 4.90 Å². The summed E-state index contributed by atoms with van der Waals surface area (Å²) >= 11 is 0. The average molecular weight is 291 g/mol. The van der Waals surface area contributed by atoms with Crippen molar-refractivity contribution in [3.05, 3.63) is 0 Å². The van der Waals surface area contributed by atoms with Gasteiger partial charge in [0.05, 0.1) is 45.2 Å². The molecule has 0 spiro atoms. The maximum atomic E-state index is 9.38. The van der Waals surface area contributed by atoms with Gasteiger partial charge in [0.2, 0.25) is 0 Å². The lowest BCUT2D eigenvalue weighted by atomic mass is 10.3. The zero-order valence-electron chi connectivity index (χ0n) is 12.5. The van der Waals surface area contributed by atoms with Crippen molar-refractivity contribution in [3.63, 3.8) is 0 Å². The Bertz CT molecular complexity index is 220. The summed E-state index contributed by atoms with van der Waals surface area (Å²) in [6.45, 7) is 7.71. The highest BCUT2D eigenvalue weighted by atomic mass is 16.5. The fourth-order valence-electron chi connectivity index (χ4n) is 2.01. The second-order valence-electron chi connectivity index (χ2n) is 5.08. The molecule has 0 aliphatic carbocycles. The first-order chi connectivity index (χ1) is 9.74. The molecule has 0 aromatic rings. The number of hydrogen-bond donors (Lipinski definition) is 2. The maximum absolute atomic E-state index is 9.38. The van der Waals surface area contributed by atoms with Crippen molar-refractivity contribution in [1.29, 1.82) is 0 Å². The van der Waals surface area contributed by atoms with E-state index in [0.29, 0.717) is 46.1 Å². The van der Waals surface area contributed by atoms with E-state index in [1.54, 1.807) is 0 Å². The molecule has 6 nitrogen and oxygen atoms in total. The van der Waals surface area contributed by atoms with Crippen molar-refractivity contribution < 1.29 is 24.4 Å². The molecular formula is C14H29NO5. The number of β-amino-alcohol motifs (C(OH)–C–C–N with tert-alkyl or cyclic N) is 2. The van der Waals surface area contributed by atoms with Crippen LogP contribution in [0.3, 0.4) is 0 Å². The standard InChI is InChI=1S/C14H29NO5/c1-2-3-5-18-7-9-20-10-8-19-6-4-15-11-13(16)14(17)12-15/h13-14,16-17H,2-12H2,1H3. The average Bonchev–Trinajstić information content (AvgIpc) is 2.75. The van der Waals surface area contributed by atoms with Crippen LogP contribution in [0.25, 0.3) is 0 Å². The first-order valence-corrected chi connectivity index (χ1v) is 7.55. The Balaban J connectivity index is 1.77. The van der Waals surface area contributed by atoms with Crippen LogP contribution < -0.4 is 0 Å². The zero-order chi connectivity index (χ0) is 14.6. The van der Waals surface area contributed by atoms with E-state index in [2.05, 4.69) is 6.92 Å². The van der Waals surface area contributed by atoms with E-state index in [4.69, 9.17) is 14.2 Å². The summed E-state index contributed by atoms with van der Waals surface area (Å²) in [4.78, 5) is 2.00. The van der Waals surface area contributed by atoms with Crippen LogP contribution in [0.4, 0.5) is 0 Å². The van der Waals surface area contributed by atoms with Crippen LogP contribution in [-0.4, -0.2) is 86.6 Å². The van der Waals surface area contributed by atoms with E-state index < -0.39 is 12.2 Å². The minimum atomic E-state index is -0.619. The summed E-state index contributed by atoms with van der Waals surface area (Å²) in [5, 5.41) is 18.8. The molecular weight excluding hydrogens is 262 g/mol. The highest BCUT2D eigenvalue weighted by molar-refractivity contribution is 4.82. The number of nitrogens with zero attached hydrogens (tertiary/aromatic N) is 1. The molecule has 0 aromatic carbocycles. The number of hydrogen-bond acceptors (Lipinski definition) is 6. The molecule has 1 saturated heterocycles. The summed E-state index contributed by atoms with van der Waals surface area (Å²) in [6.07, 6.45) is 1.01. The van der Waals surface area contributed by atoms with Crippen LogP contribution >= 0.6 is 0 Å². The third-order valence-corrected chi connectivity index (χ3v) is 3.27. The summed E-state index contributed by atoms with van der Waals surface area (Å²) < 4.78 is 16.2. The zero-order valence-corrected chi connectivity index (χ0v) is 12.5. The topological polar surface area (TPSA) is 71.4 Å². The number of likely N-dealkylation sites (tertiary alicyclic amines) is 1. The Hall–Kier alpha value is -0.240. The number of unbranched alkanes of at least 4 members (excludes halogenated alkanes) is 1. The molecule has 120 valence electrons. The van der Waals surface area contributed by atoms with E-state index in [-0.39, 0.29) is 0 Å². The number of rotatable bonds is 12. The minimum Gasteiger partial charge on any atom is -0.389 e. The van der Waals surface area contributed by atoms with Crippen molar-refractivity contribution in [2.24, 2.45) is 0 Å². The molecule has 1 heterocycles. The Morgan fingerprint density at radius 3 is 1.90 bits per heavy atom. The summed E-state index contributed by atoms with van der Waals surface area (Å²) in [5.41, 5.74) is 0. The number of aliphatic hydroxyl groups is 2. The van der Waals surface area contributed by atoms with Gasteiger partial charge in [-0.1, -0.05) is 13.3 Å². The Morgan fingerprint density at radius 1 is 0.850 bits per heavy atom. The third kappa shape index (κ3) is 8.14. The molecule has 0 bridgehead atoms. The minimum absolute atomic E-state index is 0.524. The van der Waals surface area contributed by atoms with Gasteiger partial charge in [-0.05, 0) is 6.42 Å². The summed E-state index contributed by atoms with van der Waals surface area (Å²) in [7, 11) is 0. The number of ether oxygens (including phenoxy) is 3. The third-order valence-electron chi connectivity index (χ3n) is 3.27. The van der Waals surface area contributed by atoms with Crippen molar-refractivity contribution in [2.45, 2.75) is 32.0 Å². The largest absolute Gasteiger partial charge is 0.389 e. The van der Waals surface area contributed by atoms with Crippen molar-refractivity contribution in [2.75, 3.05) is 59.3 Å². The van der Waals surface area contributed by atoms with E-state index in [1.165, 1.54) is 0 Å². The monoisotopic (exact) mass is 291 g/mol. The lowest BCUT2D eigenvalue weighted by Gasteiger charge is -2.14. The fraction of sp³-hybridized carbons (Fsp3) is 1.00. The van der Waals surface area contributed by atoms with Crippen LogP contribution in [0.1, 0.15) is 19.8 Å². The first kappa shape index (κ1) is 17.8. The van der Waals surface area contributed by atoms with Crippen LogP contribution in [0.15, 0.2) is 0 Å². The maximum Gasteiger partial charge on any atom is 0.0938 e. The lowest BCUT2D eigenvalue weighted by molar-refractivity contribution is 0.0106. The van der Waals surface area contributed by atoms with Crippen LogP contribution in [-0.2, 0) is 14.2 Å². The molecule has 1 aliphatic heterocycles. The highest BCUT2D eigenvalue weighted by Gasteiger charge is 2.28. The SMILES string of the molecule is CCCCOCCOCCOCCN1CC(O)C(O)C1. The smallest absolute Gasteiger partial charge is 0.0938 e. The Kier molecular flexibility index (Phi) is 10.2. The van der Waals surface area contributed by atoms with Gasteiger partial charge < -0.3 is 24.4 Å². The van der Waals surface area contributed by atoms with Crippen molar-refractivity contribution in [1.82, 2.24) is 4.90 Å². The molecule has 0 aromatic heterocycles. The van der Waals surface area contributed by atoms with Crippen LogP contribution in [0.5, 0.6) is 0 Å². The molecule has 0 saturated carbocycles. The van der Waals surface area contributed by atoms with Gasteiger partial charge >= 0.3 is 0 Å². The second kappa shape index (κ2) is 11.4. The van der Waals surface area contributed by atoms with Gasteiger partial charge in [0, 0.05) is 26.2 Å². The predicted octanol–water partition coefficient (Wildman–Crippen LogP) is -0.126. The van der Waals surface area contributed by atoms with Gasteiger partial charge in [0.25, 0.3) is 0 Å². The molecule has 1 fully saturated rings. The van der Waals surface area contributed by atoms with Gasteiger partial charge in [-0.15, -0.1) is 0 Å². The van der Waals surface area contributed by atoms with Crippen LogP contribution in [0, 0.1) is 0 Å². The molecule has 2 atom stereocenters. The molecule has 2 N–H and O–H groups in total. The molecule has 6 heteroatoms. The normalized spacial score (nSPS) is 23.6. The molecule has 1 rings (SSSR count). The lowest BCUT2D eigenvalue weighted by Crippen LogP contribution is -2.26. The summed E-state index contributed by atoms with van der Waals surface area (Å²) in [5.74, 6) is 0. The number of aliphatic hydroxyl groups excluding tert-OH is 2. The van der Waals surface area contributed by atoms with Crippen molar-refractivity contribution in [3.8, 4) is 0 Å². The van der Waals surface area contributed by atoms with Gasteiger partial charge in [-0.25, -0.2) is 0 Å². The van der Waals surface area contributed by atoms with Gasteiger partial charge in [0.15, 0.2) is 0 Å². The van der Waals surface area contributed by atoms with Crippen LogP contribution in [0.2, 0.25) is 0 Å². The molecule has 20 heavy (non-hydrogen) atoms. The van der Waals surface area contributed by atoms with E-state index in [9.17, 15) is 10.2 Å². The predicted molar refractivity (Wildman–Crippen MR) is 75.8 cm³/mol. The second-order valence-corrected chi connectivity index (χ2v) is 5.08. The molecule has 1 aliphatic rings.